The molecule has 1 aliphatic carbocycles. The molecular weight excluding hydrogens is 238 g/mol. The van der Waals surface area contributed by atoms with Crippen molar-refractivity contribution in [3.8, 4) is 6.07 Å². The molecule has 0 heterocycles. The van der Waals surface area contributed by atoms with E-state index >= 15 is 0 Å². The predicted octanol–water partition coefficient (Wildman–Crippen LogP) is 0.906. The number of carbonyl (C=O) groups is 1. The van der Waals surface area contributed by atoms with Gasteiger partial charge in [0.1, 0.15) is 11.7 Å². The van der Waals surface area contributed by atoms with Crippen LogP contribution in [0.3, 0.4) is 0 Å². The molecular formula is C12H11NO3S. The number of carbonyl (C=O) groups excluding carboxylic acids is 1. The minimum atomic E-state index is -3.41. The van der Waals surface area contributed by atoms with E-state index in [0.29, 0.717) is 6.29 Å². The van der Waals surface area contributed by atoms with Gasteiger partial charge in [-0.05, 0) is 5.56 Å². The summed E-state index contributed by atoms with van der Waals surface area (Å²) in [6.45, 7) is 0. The van der Waals surface area contributed by atoms with Gasteiger partial charge in [-0.1, -0.05) is 30.3 Å². The van der Waals surface area contributed by atoms with E-state index in [0.717, 1.165) is 11.8 Å². The maximum Gasteiger partial charge on any atom is 0.153 e. The second kappa shape index (κ2) is 3.67. The van der Waals surface area contributed by atoms with Gasteiger partial charge in [-0.3, -0.25) is 0 Å². The lowest BCUT2D eigenvalue weighted by Gasteiger charge is -1.98. The van der Waals surface area contributed by atoms with Gasteiger partial charge in [-0.15, -0.1) is 0 Å². The second-order valence-corrected chi connectivity index (χ2v) is 6.47. The molecule has 1 aliphatic rings. The molecule has 88 valence electrons. The summed E-state index contributed by atoms with van der Waals surface area (Å²) in [5.41, 5.74) is -0.689. The highest BCUT2D eigenvalue weighted by molar-refractivity contribution is 7.91. The summed E-state index contributed by atoms with van der Waals surface area (Å²) in [7, 11) is -3.41. The Morgan fingerprint density at radius 2 is 1.94 bits per heavy atom. The SMILES string of the molecule is CS(=O)(=O)[C@H]1[C@H](c2ccccc2)[C@@]1(C#N)C=O. The average molecular weight is 249 g/mol. The summed E-state index contributed by atoms with van der Waals surface area (Å²) in [5, 5.41) is 8.16. The van der Waals surface area contributed by atoms with Crippen LogP contribution in [0.4, 0.5) is 0 Å². The standard InChI is InChI=1S/C12H11NO3S/c1-17(15,16)11-10(12(11,7-13)8-14)9-5-3-2-4-6-9/h2-6,8,10-11H,1H3/t10-,11-,12+/m0/s1. The molecule has 0 unspecified atom stereocenters. The van der Waals surface area contributed by atoms with Gasteiger partial charge in [0.2, 0.25) is 0 Å². The molecule has 4 nitrogen and oxygen atoms in total. The lowest BCUT2D eigenvalue weighted by atomic mass is 10.0. The summed E-state index contributed by atoms with van der Waals surface area (Å²) in [5.74, 6) is -0.541. The zero-order chi connectivity index (χ0) is 12.7. The van der Waals surface area contributed by atoms with Gasteiger partial charge in [0.15, 0.2) is 9.84 Å². The summed E-state index contributed by atoms with van der Waals surface area (Å²) >= 11 is 0. The predicted molar refractivity (Wildman–Crippen MR) is 61.9 cm³/mol. The summed E-state index contributed by atoms with van der Waals surface area (Å²) < 4.78 is 23.2. The van der Waals surface area contributed by atoms with Crippen LogP contribution in [0.15, 0.2) is 30.3 Å². The van der Waals surface area contributed by atoms with E-state index in [1.54, 1.807) is 30.3 Å². The van der Waals surface area contributed by atoms with Crippen LogP contribution < -0.4 is 0 Å². The molecule has 5 heteroatoms. The number of benzene rings is 1. The summed E-state index contributed by atoms with van der Waals surface area (Å²) in [6.07, 6.45) is 1.53. The van der Waals surface area contributed by atoms with Crippen molar-refractivity contribution in [3.05, 3.63) is 35.9 Å². The van der Waals surface area contributed by atoms with Crippen molar-refractivity contribution in [1.29, 1.82) is 5.26 Å². The summed E-state index contributed by atoms with van der Waals surface area (Å²) in [6, 6.07) is 10.7. The molecule has 1 aromatic carbocycles. The molecule has 2 rings (SSSR count). The minimum absolute atomic E-state index is 0.469. The van der Waals surface area contributed by atoms with Crippen molar-refractivity contribution in [2.24, 2.45) is 5.41 Å². The van der Waals surface area contributed by atoms with Crippen LogP contribution in [-0.2, 0) is 14.6 Å². The molecule has 0 bridgehead atoms. The van der Waals surface area contributed by atoms with Gasteiger partial charge in [0.05, 0.1) is 11.3 Å². The largest absolute Gasteiger partial charge is 0.302 e. The van der Waals surface area contributed by atoms with Crippen LogP contribution in [0.5, 0.6) is 0 Å². The highest BCUT2D eigenvalue weighted by Gasteiger charge is 2.71. The first-order valence-electron chi connectivity index (χ1n) is 5.09. The molecule has 0 radical (unpaired) electrons. The van der Waals surface area contributed by atoms with E-state index in [9.17, 15) is 13.2 Å². The quantitative estimate of drug-likeness (QED) is 0.746. The van der Waals surface area contributed by atoms with E-state index in [4.69, 9.17) is 5.26 Å². The molecule has 0 saturated heterocycles. The molecule has 3 atom stereocenters. The van der Waals surface area contributed by atoms with Crippen LogP contribution in [0.1, 0.15) is 11.5 Å². The number of aldehydes is 1. The number of hydrogen-bond donors (Lipinski definition) is 0. The van der Waals surface area contributed by atoms with E-state index in [1.165, 1.54) is 0 Å². The Kier molecular flexibility index (Phi) is 2.55. The van der Waals surface area contributed by atoms with Crippen LogP contribution in [0.25, 0.3) is 0 Å². The number of rotatable bonds is 3. The van der Waals surface area contributed by atoms with Crippen LogP contribution in [0.2, 0.25) is 0 Å². The molecule has 0 amide bonds. The van der Waals surface area contributed by atoms with E-state index < -0.39 is 26.4 Å². The average Bonchev–Trinajstić information content (AvgIpc) is 3.00. The van der Waals surface area contributed by atoms with Crippen molar-refractivity contribution in [3.63, 3.8) is 0 Å². The molecule has 0 spiro atoms. The fourth-order valence-electron chi connectivity index (χ4n) is 2.39. The van der Waals surface area contributed by atoms with Gasteiger partial charge in [0, 0.05) is 12.2 Å². The molecule has 17 heavy (non-hydrogen) atoms. The molecule has 0 aromatic heterocycles. The fourth-order valence-corrected chi connectivity index (χ4v) is 4.15. The maximum atomic E-state index is 11.6. The smallest absolute Gasteiger partial charge is 0.153 e. The fraction of sp³-hybridized carbons (Fsp3) is 0.333. The Hall–Kier alpha value is -1.67. The topological polar surface area (TPSA) is 75.0 Å². The number of nitriles is 1. The second-order valence-electron chi connectivity index (χ2n) is 4.30. The zero-order valence-corrected chi connectivity index (χ0v) is 10.0. The molecule has 0 N–H and O–H groups in total. The Balaban J connectivity index is 2.50. The van der Waals surface area contributed by atoms with Gasteiger partial charge < -0.3 is 4.79 Å². The van der Waals surface area contributed by atoms with Crippen molar-refractivity contribution >= 4 is 16.1 Å². The van der Waals surface area contributed by atoms with Crippen molar-refractivity contribution < 1.29 is 13.2 Å². The highest BCUT2D eigenvalue weighted by Crippen LogP contribution is 2.61. The first-order chi connectivity index (χ1) is 7.97. The monoisotopic (exact) mass is 249 g/mol. The van der Waals surface area contributed by atoms with Gasteiger partial charge >= 0.3 is 0 Å². The van der Waals surface area contributed by atoms with Crippen molar-refractivity contribution in [2.45, 2.75) is 11.2 Å². The number of hydrogen-bond acceptors (Lipinski definition) is 4. The summed E-state index contributed by atoms with van der Waals surface area (Å²) in [4.78, 5) is 11.1. The molecule has 1 aromatic rings. The van der Waals surface area contributed by atoms with E-state index in [-0.39, 0.29) is 0 Å². The van der Waals surface area contributed by atoms with Crippen LogP contribution in [-0.4, -0.2) is 26.2 Å². The Morgan fingerprint density at radius 1 is 1.35 bits per heavy atom. The lowest BCUT2D eigenvalue weighted by molar-refractivity contribution is -0.110. The van der Waals surface area contributed by atoms with Gasteiger partial charge in [-0.2, -0.15) is 5.26 Å². The van der Waals surface area contributed by atoms with Crippen molar-refractivity contribution in [1.82, 2.24) is 0 Å². The van der Waals surface area contributed by atoms with Gasteiger partial charge in [-0.25, -0.2) is 8.42 Å². The first-order valence-corrected chi connectivity index (χ1v) is 7.04. The third-order valence-corrected chi connectivity index (χ3v) is 4.77. The van der Waals surface area contributed by atoms with Gasteiger partial charge in [0.25, 0.3) is 0 Å². The number of sulfone groups is 1. The Bertz CT molecular complexity index is 588. The minimum Gasteiger partial charge on any atom is -0.302 e. The first kappa shape index (κ1) is 11.8. The van der Waals surface area contributed by atoms with E-state index in [2.05, 4.69) is 0 Å². The number of nitrogens with zero attached hydrogens (tertiary/aromatic N) is 1. The molecule has 1 saturated carbocycles. The Morgan fingerprint density at radius 3 is 2.29 bits per heavy atom. The third kappa shape index (κ3) is 1.65. The van der Waals surface area contributed by atoms with Crippen LogP contribution >= 0.6 is 0 Å². The normalized spacial score (nSPS) is 31.5. The third-order valence-electron chi connectivity index (χ3n) is 3.19. The zero-order valence-electron chi connectivity index (χ0n) is 9.20. The van der Waals surface area contributed by atoms with Crippen LogP contribution in [0, 0.1) is 16.7 Å². The highest BCUT2D eigenvalue weighted by atomic mass is 32.2. The van der Waals surface area contributed by atoms with Crippen molar-refractivity contribution in [2.75, 3.05) is 6.26 Å². The molecule has 0 aliphatic heterocycles. The molecule has 1 fully saturated rings. The lowest BCUT2D eigenvalue weighted by Crippen LogP contribution is -2.14. The Labute approximate surface area is 99.8 Å². The maximum absolute atomic E-state index is 11.6. The van der Waals surface area contributed by atoms with E-state index in [1.807, 2.05) is 6.07 Å².